The molecule has 0 saturated heterocycles. The lowest BCUT2D eigenvalue weighted by atomic mass is 10.2. The molecule has 1 N–H and O–H groups in total. The van der Waals surface area contributed by atoms with Crippen LogP contribution in [0.3, 0.4) is 0 Å². The summed E-state index contributed by atoms with van der Waals surface area (Å²) in [5.41, 5.74) is 5.27. The number of hydrogen-bond donors (Lipinski definition) is 1. The van der Waals surface area contributed by atoms with Crippen molar-refractivity contribution in [3.8, 4) is 5.75 Å². The number of aryl methyl sites for hydroxylation is 1. The normalized spacial score (nSPS) is 11.1. The summed E-state index contributed by atoms with van der Waals surface area (Å²) in [6, 6.07) is 12.5. The Morgan fingerprint density at radius 1 is 1.36 bits per heavy atom. The van der Waals surface area contributed by atoms with Gasteiger partial charge in [0.15, 0.2) is 5.75 Å². The second-order valence-corrected chi connectivity index (χ2v) is 5.23. The summed E-state index contributed by atoms with van der Waals surface area (Å²) in [5, 5.41) is 15.2. The molecule has 3 aromatic rings. The minimum atomic E-state index is -0.486. The van der Waals surface area contributed by atoms with Crippen molar-refractivity contribution < 1.29 is 9.66 Å². The second kappa shape index (κ2) is 7.00. The quantitative estimate of drug-likeness (QED) is 0.422. The first-order chi connectivity index (χ1) is 12.1. The maximum Gasteiger partial charge on any atom is 0.311 e. The van der Waals surface area contributed by atoms with Crippen molar-refractivity contribution in [3.05, 3.63) is 58.1 Å². The monoisotopic (exact) mass is 339 g/mol. The third kappa shape index (κ3) is 3.27. The van der Waals surface area contributed by atoms with Crippen molar-refractivity contribution >= 4 is 28.9 Å². The molecule has 3 rings (SSSR count). The molecule has 8 heteroatoms. The first-order valence-corrected chi connectivity index (χ1v) is 7.70. The highest BCUT2D eigenvalue weighted by Crippen LogP contribution is 2.27. The molecule has 0 aliphatic rings. The van der Waals surface area contributed by atoms with E-state index in [0.29, 0.717) is 11.5 Å². The van der Waals surface area contributed by atoms with Crippen LogP contribution in [0.4, 0.5) is 11.6 Å². The number of nitro benzene ring substituents is 1. The third-order valence-corrected chi connectivity index (χ3v) is 3.75. The number of para-hydroxylation sites is 2. The Morgan fingerprint density at radius 2 is 2.16 bits per heavy atom. The summed E-state index contributed by atoms with van der Waals surface area (Å²) >= 11 is 0. The summed E-state index contributed by atoms with van der Waals surface area (Å²) in [7, 11) is 1.40. The molecular formula is C17H17N5O3. The minimum Gasteiger partial charge on any atom is -0.490 e. The Hall–Kier alpha value is -3.42. The van der Waals surface area contributed by atoms with Gasteiger partial charge in [0.25, 0.3) is 0 Å². The second-order valence-electron chi connectivity index (χ2n) is 5.23. The number of benzene rings is 2. The van der Waals surface area contributed by atoms with Crippen LogP contribution in [-0.4, -0.2) is 27.8 Å². The number of aromatic nitrogens is 2. The molecule has 0 saturated carbocycles. The van der Waals surface area contributed by atoms with Crippen molar-refractivity contribution in [2.45, 2.75) is 13.5 Å². The van der Waals surface area contributed by atoms with Gasteiger partial charge < -0.3 is 9.30 Å². The van der Waals surface area contributed by atoms with Gasteiger partial charge in [-0.1, -0.05) is 12.1 Å². The zero-order chi connectivity index (χ0) is 17.8. The van der Waals surface area contributed by atoms with Crippen LogP contribution < -0.4 is 10.2 Å². The molecule has 0 unspecified atom stereocenters. The molecule has 0 spiro atoms. The fourth-order valence-corrected chi connectivity index (χ4v) is 2.58. The zero-order valence-corrected chi connectivity index (χ0v) is 13.8. The summed E-state index contributed by atoms with van der Waals surface area (Å²) < 4.78 is 6.99. The Labute approximate surface area is 143 Å². The molecule has 0 aliphatic heterocycles. The number of methoxy groups -OCH3 is 1. The summed E-state index contributed by atoms with van der Waals surface area (Å²) in [4.78, 5) is 15.1. The molecule has 0 amide bonds. The average molecular weight is 339 g/mol. The number of nitrogens with zero attached hydrogens (tertiary/aromatic N) is 4. The van der Waals surface area contributed by atoms with E-state index in [1.54, 1.807) is 12.1 Å². The number of nitro groups is 1. The molecule has 128 valence electrons. The largest absolute Gasteiger partial charge is 0.490 e. The Morgan fingerprint density at radius 3 is 2.88 bits per heavy atom. The first kappa shape index (κ1) is 16.4. The van der Waals surface area contributed by atoms with Gasteiger partial charge in [0.1, 0.15) is 0 Å². The van der Waals surface area contributed by atoms with Gasteiger partial charge >= 0.3 is 5.69 Å². The molecule has 25 heavy (non-hydrogen) atoms. The number of nitrogens with one attached hydrogen (secondary N) is 1. The number of ether oxygens (including phenoxy) is 1. The van der Waals surface area contributed by atoms with Gasteiger partial charge in [-0.05, 0) is 31.2 Å². The standard InChI is InChI=1S/C17H17N5O3/c1-3-21-14-7-5-4-6-13(14)19-17(21)20-18-11-12-8-9-16(25-2)15(10-12)22(23)24/h4-11H,3H2,1-2H3,(H,19,20)/b18-11-. The van der Waals surface area contributed by atoms with Gasteiger partial charge in [-0.3, -0.25) is 10.1 Å². The highest BCUT2D eigenvalue weighted by atomic mass is 16.6. The Kier molecular flexibility index (Phi) is 4.60. The predicted octanol–water partition coefficient (Wildman–Crippen LogP) is 3.42. The first-order valence-electron chi connectivity index (χ1n) is 7.70. The van der Waals surface area contributed by atoms with Crippen LogP contribution in [0.5, 0.6) is 5.75 Å². The van der Waals surface area contributed by atoms with E-state index in [9.17, 15) is 10.1 Å². The molecule has 2 aromatic carbocycles. The van der Waals surface area contributed by atoms with Crippen molar-refractivity contribution in [3.63, 3.8) is 0 Å². The van der Waals surface area contributed by atoms with Gasteiger partial charge in [-0.15, -0.1) is 0 Å². The highest BCUT2D eigenvalue weighted by molar-refractivity contribution is 5.82. The van der Waals surface area contributed by atoms with Crippen LogP contribution in [-0.2, 0) is 6.54 Å². The zero-order valence-electron chi connectivity index (χ0n) is 13.8. The van der Waals surface area contributed by atoms with Gasteiger partial charge in [0.05, 0.1) is 29.3 Å². The summed E-state index contributed by atoms with van der Waals surface area (Å²) in [6.45, 7) is 2.77. The number of hydrogen-bond acceptors (Lipinski definition) is 6. The van der Waals surface area contributed by atoms with Crippen LogP contribution >= 0.6 is 0 Å². The average Bonchev–Trinajstić information content (AvgIpc) is 2.98. The molecule has 0 atom stereocenters. The molecule has 0 bridgehead atoms. The number of imidazole rings is 1. The van der Waals surface area contributed by atoms with E-state index in [0.717, 1.165) is 17.6 Å². The smallest absolute Gasteiger partial charge is 0.311 e. The van der Waals surface area contributed by atoms with Gasteiger partial charge in [0.2, 0.25) is 5.95 Å². The number of anilines is 1. The summed E-state index contributed by atoms with van der Waals surface area (Å²) in [5.74, 6) is 0.825. The maximum atomic E-state index is 11.1. The van der Waals surface area contributed by atoms with Crippen LogP contribution in [0.25, 0.3) is 11.0 Å². The summed E-state index contributed by atoms with van der Waals surface area (Å²) in [6.07, 6.45) is 1.51. The van der Waals surface area contributed by atoms with E-state index in [1.165, 1.54) is 19.4 Å². The van der Waals surface area contributed by atoms with Gasteiger partial charge in [-0.2, -0.15) is 5.10 Å². The topological polar surface area (TPSA) is 94.6 Å². The van der Waals surface area contributed by atoms with E-state index in [4.69, 9.17) is 4.74 Å². The van der Waals surface area contributed by atoms with Crippen LogP contribution in [0.15, 0.2) is 47.6 Å². The lowest BCUT2D eigenvalue weighted by molar-refractivity contribution is -0.385. The predicted molar refractivity (Wildman–Crippen MR) is 96.3 cm³/mol. The molecule has 0 radical (unpaired) electrons. The van der Waals surface area contributed by atoms with E-state index in [1.807, 2.05) is 35.8 Å². The highest BCUT2D eigenvalue weighted by Gasteiger charge is 2.14. The third-order valence-electron chi connectivity index (χ3n) is 3.75. The van der Waals surface area contributed by atoms with Gasteiger partial charge in [0, 0.05) is 18.2 Å². The Bertz CT molecular complexity index is 949. The lowest BCUT2D eigenvalue weighted by Gasteiger charge is -2.04. The van der Waals surface area contributed by atoms with Crippen LogP contribution in [0.1, 0.15) is 12.5 Å². The Balaban J connectivity index is 1.84. The fourth-order valence-electron chi connectivity index (χ4n) is 2.58. The number of fused-ring (bicyclic) bond motifs is 1. The molecule has 0 aliphatic carbocycles. The molecule has 8 nitrogen and oxygen atoms in total. The molecule has 1 aromatic heterocycles. The van der Waals surface area contributed by atoms with Crippen LogP contribution in [0, 0.1) is 10.1 Å². The number of rotatable bonds is 6. The molecule has 0 fully saturated rings. The molecular weight excluding hydrogens is 322 g/mol. The minimum absolute atomic E-state index is 0.104. The van der Waals surface area contributed by atoms with E-state index in [2.05, 4.69) is 15.5 Å². The van der Waals surface area contributed by atoms with Crippen LogP contribution in [0.2, 0.25) is 0 Å². The lowest BCUT2D eigenvalue weighted by Crippen LogP contribution is -2.02. The van der Waals surface area contributed by atoms with Crippen molar-refractivity contribution in [1.82, 2.24) is 9.55 Å². The van der Waals surface area contributed by atoms with E-state index >= 15 is 0 Å². The maximum absolute atomic E-state index is 11.1. The fraction of sp³-hybridized carbons (Fsp3) is 0.176. The van der Waals surface area contributed by atoms with Crippen molar-refractivity contribution in [1.29, 1.82) is 0 Å². The number of hydrazone groups is 1. The van der Waals surface area contributed by atoms with E-state index < -0.39 is 4.92 Å². The SMILES string of the molecule is CCn1c(N/N=C\c2ccc(OC)c([N+](=O)[O-])c2)nc2ccccc21. The van der Waals surface area contributed by atoms with E-state index in [-0.39, 0.29) is 11.4 Å². The van der Waals surface area contributed by atoms with Gasteiger partial charge in [-0.25, -0.2) is 10.4 Å². The van der Waals surface area contributed by atoms with Crippen molar-refractivity contribution in [2.24, 2.45) is 5.10 Å². The molecule has 1 heterocycles. The van der Waals surface area contributed by atoms with Crippen molar-refractivity contribution in [2.75, 3.05) is 12.5 Å².